The van der Waals surface area contributed by atoms with Crippen molar-refractivity contribution in [2.75, 3.05) is 25.9 Å². The lowest BCUT2D eigenvalue weighted by Gasteiger charge is -2.26. The first-order valence-corrected chi connectivity index (χ1v) is 10.9. The van der Waals surface area contributed by atoms with E-state index < -0.39 is 0 Å². The molecule has 1 fully saturated rings. The summed E-state index contributed by atoms with van der Waals surface area (Å²) >= 11 is 0. The monoisotopic (exact) mass is 432 g/mol. The molecule has 2 N–H and O–H groups in total. The van der Waals surface area contributed by atoms with Crippen molar-refractivity contribution in [2.24, 2.45) is 5.92 Å². The molecule has 0 spiro atoms. The summed E-state index contributed by atoms with van der Waals surface area (Å²) in [6.45, 7) is 3.25. The Hall–Kier alpha value is -3.53. The predicted octanol–water partition coefficient (Wildman–Crippen LogP) is 1.72. The van der Waals surface area contributed by atoms with E-state index in [1.165, 1.54) is 0 Å². The molecule has 6 rings (SSSR count). The van der Waals surface area contributed by atoms with Crippen LogP contribution in [0.1, 0.15) is 35.0 Å². The highest BCUT2D eigenvalue weighted by molar-refractivity contribution is 5.97. The van der Waals surface area contributed by atoms with Crippen molar-refractivity contribution in [3.05, 3.63) is 41.7 Å². The molecule has 0 saturated heterocycles. The van der Waals surface area contributed by atoms with Gasteiger partial charge in [0, 0.05) is 43.6 Å². The minimum atomic E-state index is 0.196. The van der Waals surface area contributed by atoms with E-state index in [-0.39, 0.29) is 17.6 Å². The highest BCUT2D eigenvalue weighted by Gasteiger charge is 2.33. The molecular formula is C22H24N8O2. The number of rotatable bonds is 6. The molecule has 0 atom stereocenters. The van der Waals surface area contributed by atoms with Gasteiger partial charge in [-0.2, -0.15) is 4.52 Å². The lowest BCUT2D eigenvalue weighted by Crippen LogP contribution is -2.35. The summed E-state index contributed by atoms with van der Waals surface area (Å²) in [5, 5.41) is 5.44. The van der Waals surface area contributed by atoms with Crippen LogP contribution in [0.4, 0.5) is 5.95 Å². The summed E-state index contributed by atoms with van der Waals surface area (Å²) in [4.78, 5) is 28.5. The molecule has 10 heteroatoms. The number of hydrogen-bond acceptors (Lipinski definition) is 8. The maximum absolute atomic E-state index is 12.3. The van der Waals surface area contributed by atoms with Crippen LogP contribution >= 0.6 is 0 Å². The average molecular weight is 432 g/mol. The van der Waals surface area contributed by atoms with Gasteiger partial charge in [-0.05, 0) is 25.0 Å². The Bertz CT molecular complexity index is 1350. The van der Waals surface area contributed by atoms with Crippen molar-refractivity contribution in [3.8, 4) is 5.75 Å². The number of methoxy groups -OCH3 is 1. The zero-order valence-corrected chi connectivity index (χ0v) is 17.9. The highest BCUT2D eigenvalue weighted by Crippen LogP contribution is 2.32. The third-order valence-corrected chi connectivity index (χ3v) is 6.29. The second kappa shape index (κ2) is 7.27. The normalized spacial score (nSPS) is 16.5. The number of carbonyl (C=O) groups excluding carboxylic acids is 1. The van der Waals surface area contributed by atoms with Crippen LogP contribution in [0.5, 0.6) is 5.75 Å². The zero-order valence-electron chi connectivity index (χ0n) is 17.9. The maximum Gasteiger partial charge on any atom is 0.223 e. The van der Waals surface area contributed by atoms with Crippen molar-refractivity contribution >= 4 is 28.3 Å². The zero-order chi connectivity index (χ0) is 21.8. The molecule has 4 heterocycles. The van der Waals surface area contributed by atoms with Gasteiger partial charge in [-0.25, -0.2) is 15.0 Å². The van der Waals surface area contributed by atoms with Gasteiger partial charge in [0.15, 0.2) is 17.3 Å². The molecule has 10 nitrogen and oxygen atoms in total. The Morgan fingerprint density at radius 1 is 1.22 bits per heavy atom. The fourth-order valence-corrected chi connectivity index (χ4v) is 4.36. The molecule has 1 aliphatic carbocycles. The molecule has 2 aliphatic rings. The summed E-state index contributed by atoms with van der Waals surface area (Å²) in [5.74, 6) is 3.00. The SMILES string of the molecule is COc1cccc2c1nc(N)n1nc(CCN3CCn4cc(C(=O)C5CC5)nc4C3)nc21. The van der Waals surface area contributed by atoms with Crippen molar-refractivity contribution < 1.29 is 9.53 Å². The van der Waals surface area contributed by atoms with Gasteiger partial charge in [-0.15, -0.1) is 5.10 Å². The Morgan fingerprint density at radius 3 is 2.91 bits per heavy atom. The van der Waals surface area contributed by atoms with E-state index in [4.69, 9.17) is 15.5 Å². The van der Waals surface area contributed by atoms with Crippen LogP contribution in [-0.2, 0) is 19.5 Å². The van der Waals surface area contributed by atoms with Gasteiger partial charge in [-0.1, -0.05) is 6.07 Å². The van der Waals surface area contributed by atoms with Gasteiger partial charge < -0.3 is 15.0 Å². The number of carbonyl (C=O) groups is 1. The number of aromatic nitrogens is 6. The van der Waals surface area contributed by atoms with Crippen LogP contribution in [0.3, 0.4) is 0 Å². The average Bonchev–Trinajstić information content (AvgIpc) is 3.42. The van der Waals surface area contributed by atoms with Crippen LogP contribution in [-0.4, -0.2) is 60.0 Å². The largest absolute Gasteiger partial charge is 0.494 e. The molecule has 1 aliphatic heterocycles. The second-order valence-electron chi connectivity index (χ2n) is 8.49. The number of imidazole rings is 1. The topological polar surface area (TPSA) is 116 Å². The number of benzene rings is 1. The van der Waals surface area contributed by atoms with Crippen molar-refractivity contribution in [1.29, 1.82) is 0 Å². The number of hydrogen-bond donors (Lipinski definition) is 1. The van der Waals surface area contributed by atoms with Gasteiger partial charge >= 0.3 is 0 Å². The minimum Gasteiger partial charge on any atom is -0.494 e. The van der Waals surface area contributed by atoms with Gasteiger partial charge in [0.2, 0.25) is 5.95 Å². The summed E-state index contributed by atoms with van der Waals surface area (Å²) < 4.78 is 9.12. The van der Waals surface area contributed by atoms with Gasteiger partial charge in [0.25, 0.3) is 0 Å². The Morgan fingerprint density at radius 2 is 2.09 bits per heavy atom. The lowest BCUT2D eigenvalue weighted by atomic mass is 10.2. The van der Waals surface area contributed by atoms with Crippen molar-refractivity contribution in [2.45, 2.75) is 32.4 Å². The Kier molecular flexibility index (Phi) is 4.35. The van der Waals surface area contributed by atoms with E-state index in [9.17, 15) is 4.79 Å². The summed E-state index contributed by atoms with van der Waals surface area (Å²) in [6.07, 6.45) is 4.61. The molecule has 1 aromatic carbocycles. The van der Waals surface area contributed by atoms with Crippen molar-refractivity contribution in [1.82, 2.24) is 34.0 Å². The first-order valence-electron chi connectivity index (χ1n) is 10.9. The van der Waals surface area contributed by atoms with E-state index in [1.54, 1.807) is 11.6 Å². The molecule has 0 radical (unpaired) electrons. The number of Topliss-reactive ketones (excluding diaryl/α,β-unsaturated/α-hetero) is 1. The van der Waals surface area contributed by atoms with Crippen LogP contribution in [0.15, 0.2) is 24.4 Å². The first kappa shape index (κ1) is 19.2. The number of nitrogen functional groups attached to an aromatic ring is 1. The number of ether oxygens (including phenoxy) is 1. The summed E-state index contributed by atoms with van der Waals surface area (Å²) in [7, 11) is 1.61. The standard InChI is InChI=1S/C22H24N8O2/c1-32-16-4-2-3-14-19(16)26-22(23)30-21(14)25-17(27-30)7-8-28-9-10-29-11-15(24-18(29)12-28)20(31)13-5-6-13/h2-4,11,13H,5-10,12H2,1H3,(H2,23,26). The molecule has 32 heavy (non-hydrogen) atoms. The molecule has 0 bridgehead atoms. The van der Waals surface area contributed by atoms with Gasteiger partial charge in [0.1, 0.15) is 22.8 Å². The van der Waals surface area contributed by atoms with E-state index in [0.717, 1.165) is 50.2 Å². The first-order chi connectivity index (χ1) is 15.6. The quantitative estimate of drug-likeness (QED) is 0.458. The number of anilines is 1. The molecule has 0 unspecified atom stereocenters. The van der Waals surface area contributed by atoms with Gasteiger partial charge in [0.05, 0.1) is 13.7 Å². The number of fused-ring (bicyclic) bond motifs is 4. The second-order valence-corrected chi connectivity index (χ2v) is 8.49. The third kappa shape index (κ3) is 3.18. The van der Waals surface area contributed by atoms with Crippen LogP contribution in [0, 0.1) is 5.92 Å². The summed E-state index contributed by atoms with van der Waals surface area (Å²) in [6, 6.07) is 5.71. The van der Waals surface area contributed by atoms with Crippen molar-refractivity contribution in [3.63, 3.8) is 0 Å². The van der Waals surface area contributed by atoms with E-state index in [2.05, 4.69) is 24.5 Å². The third-order valence-electron chi connectivity index (χ3n) is 6.29. The number of nitrogens with two attached hydrogens (primary N) is 1. The fraction of sp³-hybridized carbons (Fsp3) is 0.409. The fourth-order valence-electron chi connectivity index (χ4n) is 4.36. The molecular weight excluding hydrogens is 408 g/mol. The number of nitrogens with zero attached hydrogens (tertiary/aromatic N) is 7. The highest BCUT2D eigenvalue weighted by atomic mass is 16.5. The lowest BCUT2D eigenvalue weighted by molar-refractivity contribution is 0.0963. The maximum atomic E-state index is 12.3. The van der Waals surface area contributed by atoms with E-state index >= 15 is 0 Å². The molecule has 0 amide bonds. The Balaban J connectivity index is 1.20. The van der Waals surface area contributed by atoms with Crippen LogP contribution < -0.4 is 10.5 Å². The van der Waals surface area contributed by atoms with Crippen LogP contribution in [0.25, 0.3) is 16.6 Å². The number of para-hydroxylation sites is 1. The molecule has 164 valence electrons. The predicted molar refractivity (Wildman–Crippen MR) is 118 cm³/mol. The minimum absolute atomic E-state index is 0.196. The van der Waals surface area contributed by atoms with Gasteiger partial charge in [-0.3, -0.25) is 9.69 Å². The smallest absolute Gasteiger partial charge is 0.223 e. The van der Waals surface area contributed by atoms with Crippen LogP contribution in [0.2, 0.25) is 0 Å². The molecule has 4 aromatic rings. The molecule has 3 aromatic heterocycles. The molecule has 1 saturated carbocycles. The Labute approximate surface area is 184 Å². The summed E-state index contributed by atoms with van der Waals surface area (Å²) in [5.41, 5.74) is 8.13. The van der Waals surface area contributed by atoms with E-state index in [0.29, 0.717) is 34.9 Å². The van der Waals surface area contributed by atoms with E-state index in [1.807, 2.05) is 24.4 Å². The number of ketones is 1.